The first kappa shape index (κ1) is 16.1. The maximum absolute atomic E-state index is 11.8. The third-order valence-corrected chi connectivity index (χ3v) is 4.70. The molecule has 3 rings (SSSR count). The average molecular weight is 354 g/mol. The number of ether oxygens (including phenoxy) is 1. The van der Waals surface area contributed by atoms with Crippen molar-refractivity contribution < 1.29 is 23.6 Å². The highest BCUT2D eigenvalue weighted by molar-refractivity contribution is 7.28. The van der Waals surface area contributed by atoms with Crippen LogP contribution in [0.25, 0.3) is 10.1 Å². The van der Waals surface area contributed by atoms with Crippen LogP contribution in [0.15, 0.2) is 18.2 Å². The van der Waals surface area contributed by atoms with Gasteiger partial charge in [0.05, 0.1) is 29.7 Å². The monoisotopic (exact) mass is 353 g/mol. The summed E-state index contributed by atoms with van der Waals surface area (Å²) in [7, 11) is 2.15. The molecule has 1 fully saturated rings. The molecule has 1 aliphatic rings. The van der Waals surface area contributed by atoms with Crippen molar-refractivity contribution in [2.45, 2.75) is 0 Å². The molecule has 1 aromatic carbocycles. The largest absolute Gasteiger partial charge is 0.647 e. The Morgan fingerprint density at radius 1 is 1.22 bits per heavy atom. The van der Waals surface area contributed by atoms with E-state index >= 15 is 0 Å². The molecule has 6 nitrogen and oxygen atoms in total. The molecule has 1 aliphatic heterocycles. The molecule has 2 heterocycles. The lowest BCUT2D eigenvalue weighted by Crippen LogP contribution is -2.47. The van der Waals surface area contributed by atoms with E-state index in [1.807, 2.05) is 0 Å². The fourth-order valence-electron chi connectivity index (χ4n) is 2.32. The van der Waals surface area contributed by atoms with E-state index in [-0.39, 0.29) is 13.1 Å². The molecular weight excluding hydrogens is 340 g/mol. The third-order valence-electron chi connectivity index (χ3n) is 3.29. The van der Waals surface area contributed by atoms with Gasteiger partial charge in [-0.2, -0.15) is 0 Å². The van der Waals surface area contributed by atoms with E-state index < -0.39 is 19.1 Å². The van der Waals surface area contributed by atoms with Gasteiger partial charge in [0.2, 0.25) is 0 Å². The minimum absolute atomic E-state index is 0.0334. The summed E-state index contributed by atoms with van der Waals surface area (Å²) >= 11 is 7.39. The summed E-state index contributed by atoms with van der Waals surface area (Å²) in [5.41, 5.74) is 0. The molecule has 9 heteroatoms. The van der Waals surface area contributed by atoms with Crippen molar-refractivity contribution in [3.05, 3.63) is 23.2 Å². The topological polar surface area (TPSA) is 65.1 Å². The Morgan fingerprint density at radius 2 is 1.87 bits per heavy atom. The molecule has 120 valence electrons. The second-order valence-electron chi connectivity index (χ2n) is 5.16. The van der Waals surface area contributed by atoms with Gasteiger partial charge in [-0.1, -0.05) is 11.6 Å². The van der Waals surface area contributed by atoms with Gasteiger partial charge < -0.3 is 14.0 Å². The summed E-state index contributed by atoms with van der Waals surface area (Å²) in [5, 5.41) is 1.37. The van der Waals surface area contributed by atoms with Crippen LogP contribution in [-0.2, 0) is 18.9 Å². The third kappa shape index (κ3) is 3.44. The number of hydrogen-bond acceptors (Lipinski definition) is 7. The Labute approximate surface area is 142 Å². The SMILES string of the molecule is COc1cc(Cl)cc2cc(B3OC(=O)CN(C)CC(=O)O3)sc12. The van der Waals surface area contributed by atoms with Gasteiger partial charge in [0.15, 0.2) is 0 Å². The zero-order chi connectivity index (χ0) is 16.6. The van der Waals surface area contributed by atoms with Crippen LogP contribution in [0.1, 0.15) is 0 Å². The lowest BCUT2D eigenvalue weighted by atomic mass is 9.86. The maximum Gasteiger partial charge on any atom is 0.647 e. The van der Waals surface area contributed by atoms with Crippen LogP contribution in [0, 0.1) is 0 Å². The first-order valence-electron chi connectivity index (χ1n) is 6.81. The zero-order valence-corrected chi connectivity index (χ0v) is 14.1. The second kappa shape index (κ2) is 6.39. The van der Waals surface area contributed by atoms with Gasteiger partial charge in [-0.25, -0.2) is 0 Å². The summed E-state index contributed by atoms with van der Waals surface area (Å²) in [6.45, 7) is 0.0668. The Morgan fingerprint density at radius 3 is 2.48 bits per heavy atom. The minimum Gasteiger partial charge on any atom is -0.495 e. The number of hydrogen-bond donors (Lipinski definition) is 0. The number of thiophene rings is 1. The average Bonchev–Trinajstić information content (AvgIpc) is 2.87. The Hall–Kier alpha value is -1.77. The number of benzene rings is 1. The zero-order valence-electron chi connectivity index (χ0n) is 12.5. The fourth-order valence-corrected chi connectivity index (χ4v) is 3.63. The highest BCUT2D eigenvalue weighted by Gasteiger charge is 2.35. The van der Waals surface area contributed by atoms with Crippen LogP contribution in [0.5, 0.6) is 5.75 Å². The summed E-state index contributed by atoms with van der Waals surface area (Å²) in [4.78, 5) is 25.2. The van der Waals surface area contributed by atoms with Crippen LogP contribution in [0.4, 0.5) is 0 Å². The first-order chi connectivity index (χ1) is 11.0. The predicted molar refractivity (Wildman–Crippen MR) is 88.5 cm³/mol. The number of carbonyl (C=O) groups excluding carboxylic acids is 2. The molecule has 1 saturated heterocycles. The predicted octanol–water partition coefficient (Wildman–Crippen LogP) is 1.29. The van der Waals surface area contributed by atoms with Crippen molar-refractivity contribution >= 4 is 56.9 Å². The fraction of sp³-hybridized carbons (Fsp3) is 0.286. The minimum atomic E-state index is -1.05. The number of carbonyl (C=O) groups is 2. The Balaban J connectivity index is 1.98. The van der Waals surface area contributed by atoms with Crippen LogP contribution in [-0.4, -0.2) is 51.2 Å². The van der Waals surface area contributed by atoms with E-state index in [0.29, 0.717) is 15.5 Å². The van der Waals surface area contributed by atoms with Crippen molar-refractivity contribution in [3.8, 4) is 5.75 Å². The van der Waals surface area contributed by atoms with Crippen LogP contribution < -0.4 is 9.51 Å². The molecule has 0 amide bonds. The number of rotatable bonds is 2. The molecular formula is C14H13BClNO5S. The van der Waals surface area contributed by atoms with Gasteiger partial charge >= 0.3 is 19.1 Å². The van der Waals surface area contributed by atoms with Crippen molar-refractivity contribution in [1.29, 1.82) is 0 Å². The molecule has 23 heavy (non-hydrogen) atoms. The number of fused-ring (bicyclic) bond motifs is 1. The van der Waals surface area contributed by atoms with Crippen LogP contribution >= 0.6 is 22.9 Å². The van der Waals surface area contributed by atoms with Crippen molar-refractivity contribution in [1.82, 2.24) is 4.90 Å². The lowest BCUT2D eigenvalue weighted by molar-refractivity contribution is -0.145. The quantitative estimate of drug-likeness (QED) is 0.758. The van der Waals surface area contributed by atoms with E-state index in [1.54, 1.807) is 32.4 Å². The highest BCUT2D eigenvalue weighted by Crippen LogP contribution is 2.33. The number of methoxy groups -OCH3 is 1. The maximum atomic E-state index is 11.8. The lowest BCUT2D eigenvalue weighted by Gasteiger charge is -2.21. The van der Waals surface area contributed by atoms with E-state index in [4.69, 9.17) is 25.6 Å². The normalized spacial score (nSPS) is 16.7. The summed E-state index contributed by atoms with van der Waals surface area (Å²) in [6.07, 6.45) is 0. The van der Waals surface area contributed by atoms with E-state index in [1.165, 1.54) is 16.2 Å². The summed E-state index contributed by atoms with van der Waals surface area (Å²) in [6, 6.07) is 5.26. The molecule has 2 aromatic rings. The van der Waals surface area contributed by atoms with Gasteiger partial charge in [0, 0.05) is 11.1 Å². The molecule has 0 unspecified atom stereocenters. The Kier molecular flexibility index (Phi) is 4.47. The van der Waals surface area contributed by atoms with Crippen LogP contribution in [0.2, 0.25) is 5.02 Å². The standard InChI is InChI=1S/C14H13BClNO5S/c1-17-6-12(18)21-15(22-13(19)7-17)11-4-8-3-9(16)5-10(20-2)14(8)23-11/h3-5H,6-7H2,1-2H3. The first-order valence-corrected chi connectivity index (χ1v) is 8.00. The summed E-state index contributed by atoms with van der Waals surface area (Å²) in [5.74, 6) is -0.285. The van der Waals surface area contributed by atoms with Crippen LogP contribution in [0.3, 0.4) is 0 Å². The molecule has 0 N–H and O–H groups in total. The number of nitrogens with zero attached hydrogens (tertiary/aromatic N) is 1. The summed E-state index contributed by atoms with van der Waals surface area (Å²) < 4.78 is 17.3. The molecule has 0 aliphatic carbocycles. The highest BCUT2D eigenvalue weighted by atomic mass is 35.5. The molecule has 1 aromatic heterocycles. The van der Waals surface area contributed by atoms with Crippen molar-refractivity contribution in [2.75, 3.05) is 27.2 Å². The molecule has 0 radical (unpaired) electrons. The molecule has 0 saturated carbocycles. The van der Waals surface area contributed by atoms with Gasteiger partial charge in [-0.15, -0.1) is 11.3 Å². The van der Waals surface area contributed by atoms with Gasteiger partial charge in [-0.05, 0) is 24.6 Å². The molecule has 0 bridgehead atoms. The van der Waals surface area contributed by atoms with Gasteiger partial charge in [0.1, 0.15) is 5.75 Å². The van der Waals surface area contributed by atoms with Gasteiger partial charge in [0.25, 0.3) is 0 Å². The van der Waals surface area contributed by atoms with Gasteiger partial charge in [-0.3, -0.25) is 14.5 Å². The van der Waals surface area contributed by atoms with Crippen molar-refractivity contribution in [2.24, 2.45) is 0 Å². The number of halogens is 1. The Bertz CT molecular complexity index is 760. The smallest absolute Gasteiger partial charge is 0.495 e. The van der Waals surface area contributed by atoms with E-state index in [2.05, 4.69) is 0 Å². The second-order valence-corrected chi connectivity index (χ2v) is 6.68. The van der Waals surface area contributed by atoms with Crippen molar-refractivity contribution in [3.63, 3.8) is 0 Å². The molecule has 0 atom stereocenters. The molecule has 0 spiro atoms. The number of likely N-dealkylation sites (N-methyl/N-ethyl adjacent to an activating group) is 1. The van der Waals surface area contributed by atoms with E-state index in [9.17, 15) is 9.59 Å². The van der Waals surface area contributed by atoms with E-state index in [0.717, 1.165) is 10.1 Å².